The molecule has 54 heavy (non-hydrogen) atoms. The van der Waals surface area contributed by atoms with E-state index in [0.29, 0.717) is 13.1 Å². The molecule has 4 unspecified atom stereocenters. The number of carbonyl (C=O) groups excluding carboxylic acids is 4. The summed E-state index contributed by atoms with van der Waals surface area (Å²) in [5.74, 6) is -1.46. The first-order valence-corrected chi connectivity index (χ1v) is 20.0. The molecule has 8 heteroatoms. The Labute approximate surface area is 315 Å². The molecule has 3 saturated heterocycles. The van der Waals surface area contributed by atoms with Crippen molar-refractivity contribution in [1.29, 1.82) is 0 Å². The Bertz CT molecular complexity index is 1850. The van der Waals surface area contributed by atoms with Gasteiger partial charge in [-0.05, 0) is 70.4 Å². The topological polar surface area (TPSA) is 81.2 Å². The Morgan fingerprint density at radius 3 is 0.796 bits per heavy atom. The molecule has 9 aliphatic rings. The molecule has 0 radical (unpaired) electrons. The smallest absolute Gasteiger partial charge is 0.234 e. The van der Waals surface area contributed by atoms with E-state index in [2.05, 4.69) is 107 Å². The zero-order chi connectivity index (χ0) is 36.2. The van der Waals surface area contributed by atoms with E-state index in [0.717, 1.165) is 52.1 Å². The van der Waals surface area contributed by atoms with Crippen molar-refractivity contribution in [3.05, 3.63) is 142 Å². The Balaban J connectivity index is 0.685. The van der Waals surface area contributed by atoms with Crippen molar-refractivity contribution in [2.45, 2.75) is 36.5 Å². The molecule has 4 aromatic carbocycles. The molecule has 3 fully saturated rings. The first-order chi connectivity index (χ1) is 26.5. The molecular formula is C46H44N4O4. The molecule has 0 N–H and O–H groups in total. The third-order valence-electron chi connectivity index (χ3n) is 14.3. The van der Waals surface area contributed by atoms with Gasteiger partial charge in [-0.1, -0.05) is 97.1 Å². The first-order valence-electron chi connectivity index (χ1n) is 20.0. The van der Waals surface area contributed by atoms with E-state index in [1.807, 2.05) is 0 Å². The number of carbonyl (C=O) groups is 4. The van der Waals surface area contributed by atoms with Crippen LogP contribution in [-0.2, 0) is 19.2 Å². The Kier molecular flexibility index (Phi) is 7.40. The van der Waals surface area contributed by atoms with Gasteiger partial charge in [-0.25, -0.2) is 0 Å². The van der Waals surface area contributed by atoms with E-state index in [1.165, 1.54) is 44.5 Å². The van der Waals surface area contributed by atoms with Crippen LogP contribution >= 0.6 is 0 Å². The van der Waals surface area contributed by atoms with Crippen LogP contribution in [0.4, 0.5) is 0 Å². The van der Waals surface area contributed by atoms with Gasteiger partial charge < -0.3 is 9.80 Å². The molecule has 3 aliphatic heterocycles. The van der Waals surface area contributed by atoms with Gasteiger partial charge >= 0.3 is 0 Å². The largest absolute Gasteiger partial charge is 0.301 e. The number of rotatable bonds is 8. The van der Waals surface area contributed by atoms with E-state index in [9.17, 15) is 19.2 Å². The molecule has 6 aliphatic carbocycles. The molecule has 0 saturated carbocycles. The third kappa shape index (κ3) is 4.50. The highest BCUT2D eigenvalue weighted by Crippen LogP contribution is 2.62. The van der Waals surface area contributed by atoms with Crippen molar-refractivity contribution in [3.63, 3.8) is 0 Å². The number of hydrogen-bond acceptors (Lipinski definition) is 6. The zero-order valence-corrected chi connectivity index (χ0v) is 30.3. The maximum absolute atomic E-state index is 14.0. The second-order valence-corrected chi connectivity index (χ2v) is 16.6. The summed E-state index contributed by atoms with van der Waals surface area (Å²) in [5, 5.41) is 0. The normalized spacial score (nSPS) is 30.3. The third-order valence-corrected chi connectivity index (χ3v) is 14.3. The minimum absolute atomic E-state index is 0.00442. The van der Waals surface area contributed by atoms with Gasteiger partial charge in [0.1, 0.15) is 0 Å². The molecule has 4 aromatic rings. The van der Waals surface area contributed by atoms with E-state index in [-0.39, 0.29) is 71.0 Å². The van der Waals surface area contributed by atoms with Crippen LogP contribution in [0.25, 0.3) is 0 Å². The average Bonchev–Trinajstić information content (AvgIpc) is 3.62. The van der Waals surface area contributed by atoms with Crippen LogP contribution in [0.5, 0.6) is 0 Å². The predicted molar refractivity (Wildman–Crippen MR) is 203 cm³/mol. The molecule has 4 atom stereocenters. The molecule has 8 nitrogen and oxygen atoms in total. The predicted octanol–water partition coefficient (Wildman–Crippen LogP) is 5.17. The molecule has 272 valence electrons. The summed E-state index contributed by atoms with van der Waals surface area (Å²) in [7, 11) is 0. The summed E-state index contributed by atoms with van der Waals surface area (Å²) >= 11 is 0. The second-order valence-electron chi connectivity index (χ2n) is 16.6. The molecule has 4 bridgehead atoms. The second kappa shape index (κ2) is 12.3. The van der Waals surface area contributed by atoms with Gasteiger partial charge in [0.2, 0.25) is 23.6 Å². The fraction of sp³-hybridized carbons (Fsp3) is 0.391. The minimum atomic E-state index is -0.311. The SMILES string of the molecule is O=C1C2C3c4ccccc4C(c4ccccc43)C2C(=O)N1CCCN1CCN(CCCN2C(=O)C3C4c5ccccc5C(c5ccccc54)C3C2=O)CC1. The standard InChI is InChI=1S/C46H44N4O4/c51-43-39-35-27-11-1-2-12-28(27)36(30-14-4-3-13-29(30)35)40(39)44(52)49(43)21-9-19-47-23-25-48(26-24-47)20-10-22-50-45(53)41-37-31-15-5-6-16-32(31)38(42(41)46(50)54)34-18-8-7-17-33(34)37/h1-8,11-18,35-42H,9-10,19-26H2. The fourth-order valence-corrected chi connectivity index (χ4v) is 12.1. The fourth-order valence-electron chi connectivity index (χ4n) is 12.1. The van der Waals surface area contributed by atoms with Gasteiger partial charge in [0.05, 0.1) is 23.7 Å². The average molecular weight is 717 g/mol. The summed E-state index contributed by atoms with van der Waals surface area (Å²) in [5.41, 5.74) is 9.69. The molecule has 0 aromatic heterocycles. The lowest BCUT2D eigenvalue weighted by Gasteiger charge is -2.45. The lowest BCUT2D eigenvalue weighted by Crippen LogP contribution is -2.47. The van der Waals surface area contributed by atoms with E-state index in [1.54, 1.807) is 9.80 Å². The van der Waals surface area contributed by atoms with Crippen LogP contribution in [0.1, 0.15) is 81.0 Å². The summed E-state index contributed by atoms with van der Waals surface area (Å²) < 4.78 is 0. The number of amides is 4. The lowest BCUT2D eigenvalue weighted by atomic mass is 9.55. The van der Waals surface area contributed by atoms with Crippen molar-refractivity contribution >= 4 is 23.6 Å². The highest BCUT2D eigenvalue weighted by Gasteiger charge is 2.62. The van der Waals surface area contributed by atoms with Crippen molar-refractivity contribution in [2.75, 3.05) is 52.4 Å². The Morgan fingerprint density at radius 1 is 0.352 bits per heavy atom. The van der Waals surface area contributed by atoms with Crippen LogP contribution in [0.3, 0.4) is 0 Å². The van der Waals surface area contributed by atoms with Crippen LogP contribution in [0.15, 0.2) is 97.1 Å². The van der Waals surface area contributed by atoms with E-state index in [4.69, 9.17) is 0 Å². The Morgan fingerprint density at radius 2 is 0.574 bits per heavy atom. The molecular weight excluding hydrogens is 673 g/mol. The van der Waals surface area contributed by atoms with Crippen LogP contribution in [-0.4, -0.2) is 95.6 Å². The molecule has 3 heterocycles. The van der Waals surface area contributed by atoms with Crippen molar-refractivity contribution in [2.24, 2.45) is 23.7 Å². The van der Waals surface area contributed by atoms with Crippen LogP contribution in [0.2, 0.25) is 0 Å². The lowest BCUT2D eigenvalue weighted by molar-refractivity contribution is -0.141. The maximum atomic E-state index is 14.0. The molecule has 13 rings (SSSR count). The monoisotopic (exact) mass is 716 g/mol. The summed E-state index contributed by atoms with van der Waals surface area (Å²) in [6.45, 7) is 6.33. The summed E-state index contributed by atoms with van der Waals surface area (Å²) in [6, 6.07) is 33.6. The van der Waals surface area contributed by atoms with Crippen LogP contribution < -0.4 is 0 Å². The van der Waals surface area contributed by atoms with Crippen molar-refractivity contribution < 1.29 is 19.2 Å². The quantitative estimate of drug-likeness (QED) is 0.235. The molecule has 0 spiro atoms. The summed E-state index contributed by atoms with van der Waals surface area (Å²) in [6.07, 6.45) is 1.53. The Hall–Kier alpha value is -4.92. The maximum Gasteiger partial charge on any atom is 0.234 e. The van der Waals surface area contributed by atoms with Gasteiger partial charge in [0, 0.05) is 62.9 Å². The number of imide groups is 2. The highest BCUT2D eigenvalue weighted by molar-refractivity contribution is 6.08. The van der Waals surface area contributed by atoms with E-state index >= 15 is 0 Å². The molecule has 4 amide bonds. The van der Waals surface area contributed by atoms with Gasteiger partial charge in [-0.15, -0.1) is 0 Å². The van der Waals surface area contributed by atoms with E-state index < -0.39 is 0 Å². The highest BCUT2D eigenvalue weighted by atomic mass is 16.2. The van der Waals surface area contributed by atoms with Crippen molar-refractivity contribution in [1.82, 2.24) is 19.6 Å². The first kappa shape index (κ1) is 32.5. The number of nitrogens with zero attached hydrogens (tertiary/aromatic N) is 4. The van der Waals surface area contributed by atoms with Crippen LogP contribution in [0, 0.1) is 23.7 Å². The van der Waals surface area contributed by atoms with Gasteiger partial charge in [0.25, 0.3) is 0 Å². The summed E-state index contributed by atoms with van der Waals surface area (Å²) in [4.78, 5) is 63.9. The minimum Gasteiger partial charge on any atom is -0.301 e. The van der Waals surface area contributed by atoms with Gasteiger partial charge in [-0.3, -0.25) is 29.0 Å². The van der Waals surface area contributed by atoms with Crippen molar-refractivity contribution in [3.8, 4) is 0 Å². The number of benzene rings is 4. The number of hydrogen-bond donors (Lipinski definition) is 0. The number of piperazine rings is 1. The number of likely N-dealkylation sites (tertiary alicyclic amines) is 2. The van der Waals surface area contributed by atoms with Gasteiger partial charge in [0.15, 0.2) is 0 Å². The van der Waals surface area contributed by atoms with Gasteiger partial charge in [-0.2, -0.15) is 0 Å². The zero-order valence-electron chi connectivity index (χ0n) is 30.3.